The summed E-state index contributed by atoms with van der Waals surface area (Å²) in [5.74, 6) is -0.792. The van der Waals surface area contributed by atoms with Gasteiger partial charge in [-0.25, -0.2) is 9.18 Å². The van der Waals surface area contributed by atoms with Gasteiger partial charge >= 0.3 is 12.2 Å². The Morgan fingerprint density at radius 2 is 1.75 bits per heavy atom. The summed E-state index contributed by atoms with van der Waals surface area (Å²) in [5, 5.41) is 4.28. The predicted molar refractivity (Wildman–Crippen MR) is 81.1 cm³/mol. The molecule has 2 aromatic rings. The largest absolute Gasteiger partial charge is 0.415 e. The molecular formula is C17H14F4N2O. The van der Waals surface area contributed by atoms with Crippen LogP contribution in [0.1, 0.15) is 17.5 Å². The second-order valence-corrected chi connectivity index (χ2v) is 5.66. The van der Waals surface area contributed by atoms with Gasteiger partial charge in [-0.2, -0.15) is 13.2 Å². The molecular weight excluding hydrogens is 324 g/mol. The van der Waals surface area contributed by atoms with Crippen LogP contribution in [-0.4, -0.2) is 12.2 Å². The molecule has 2 aromatic carbocycles. The van der Waals surface area contributed by atoms with Gasteiger partial charge in [0.2, 0.25) is 0 Å². The zero-order valence-corrected chi connectivity index (χ0v) is 12.5. The van der Waals surface area contributed by atoms with Gasteiger partial charge in [-0.15, -0.1) is 0 Å². The third-order valence-electron chi connectivity index (χ3n) is 4.13. The lowest BCUT2D eigenvalue weighted by Crippen LogP contribution is -2.60. The minimum atomic E-state index is -4.78. The van der Waals surface area contributed by atoms with Gasteiger partial charge in [-0.05, 0) is 36.6 Å². The Kier molecular flexibility index (Phi) is 3.95. The van der Waals surface area contributed by atoms with Crippen LogP contribution in [0.2, 0.25) is 0 Å². The first-order chi connectivity index (χ1) is 11.3. The fourth-order valence-corrected chi connectivity index (χ4v) is 2.93. The molecule has 1 heterocycles. The molecule has 24 heavy (non-hydrogen) atoms. The number of carbonyl (C=O) groups excluding carboxylic acids is 1. The van der Waals surface area contributed by atoms with E-state index < -0.39 is 30.0 Å². The maximum Gasteiger partial charge on any atom is 0.415 e. The lowest BCUT2D eigenvalue weighted by molar-refractivity contribution is -0.199. The van der Waals surface area contributed by atoms with E-state index in [-0.39, 0.29) is 17.7 Å². The van der Waals surface area contributed by atoms with Gasteiger partial charge in [0.1, 0.15) is 5.82 Å². The number of halogens is 4. The van der Waals surface area contributed by atoms with E-state index in [1.165, 1.54) is 0 Å². The fourth-order valence-electron chi connectivity index (χ4n) is 2.93. The summed E-state index contributed by atoms with van der Waals surface area (Å²) in [7, 11) is 0. The number of hydrogen-bond donors (Lipinski definition) is 2. The van der Waals surface area contributed by atoms with E-state index in [9.17, 15) is 22.4 Å². The monoisotopic (exact) mass is 338 g/mol. The molecule has 7 heteroatoms. The Morgan fingerprint density at radius 1 is 1.04 bits per heavy atom. The number of anilines is 1. The summed E-state index contributed by atoms with van der Waals surface area (Å²) in [4.78, 5) is 11.8. The zero-order chi connectivity index (χ0) is 17.4. The molecule has 1 aliphatic heterocycles. The molecule has 1 atom stereocenters. The van der Waals surface area contributed by atoms with Crippen molar-refractivity contribution in [1.82, 2.24) is 5.32 Å². The number of rotatable bonds is 3. The van der Waals surface area contributed by atoms with Gasteiger partial charge < -0.3 is 10.6 Å². The van der Waals surface area contributed by atoms with Crippen LogP contribution in [0.25, 0.3) is 0 Å². The third-order valence-corrected chi connectivity index (χ3v) is 4.13. The van der Waals surface area contributed by atoms with Crippen molar-refractivity contribution < 1.29 is 22.4 Å². The van der Waals surface area contributed by atoms with Crippen LogP contribution in [0.3, 0.4) is 0 Å². The topological polar surface area (TPSA) is 41.1 Å². The standard InChI is InChI=1S/C17H14F4N2O/c18-12-6-7-14-13(10-12)16(17(19,20)21,23-15(24)22-14)9-8-11-4-2-1-3-5-11/h1-7,10H,8-9H2,(H2,22,23,24). The van der Waals surface area contributed by atoms with E-state index in [4.69, 9.17) is 0 Å². The molecule has 0 saturated heterocycles. The number of benzene rings is 2. The van der Waals surface area contributed by atoms with Gasteiger partial charge in [0.15, 0.2) is 5.54 Å². The first-order valence-corrected chi connectivity index (χ1v) is 7.32. The highest BCUT2D eigenvalue weighted by molar-refractivity contribution is 5.94. The number of alkyl halides is 3. The van der Waals surface area contributed by atoms with Crippen LogP contribution in [-0.2, 0) is 12.0 Å². The average molecular weight is 338 g/mol. The fraction of sp³-hybridized carbons (Fsp3) is 0.235. The Morgan fingerprint density at radius 3 is 2.42 bits per heavy atom. The normalized spacial score (nSPS) is 20.1. The lowest BCUT2D eigenvalue weighted by Gasteiger charge is -2.41. The summed E-state index contributed by atoms with van der Waals surface area (Å²) in [6, 6.07) is 10.7. The van der Waals surface area contributed by atoms with Crippen LogP contribution in [0.5, 0.6) is 0 Å². The first-order valence-electron chi connectivity index (χ1n) is 7.32. The average Bonchev–Trinajstić information content (AvgIpc) is 2.53. The Balaban J connectivity index is 2.06. The molecule has 0 aromatic heterocycles. The van der Waals surface area contributed by atoms with Gasteiger partial charge in [0, 0.05) is 11.3 Å². The molecule has 2 N–H and O–H groups in total. The van der Waals surface area contributed by atoms with Crippen molar-refractivity contribution in [3.05, 3.63) is 65.5 Å². The highest BCUT2D eigenvalue weighted by Gasteiger charge is 2.59. The summed E-state index contributed by atoms with van der Waals surface area (Å²) < 4.78 is 55.3. The summed E-state index contributed by atoms with van der Waals surface area (Å²) >= 11 is 0. The highest BCUT2D eigenvalue weighted by atomic mass is 19.4. The van der Waals surface area contributed by atoms with E-state index in [2.05, 4.69) is 5.32 Å². The first kappa shape index (κ1) is 16.3. The zero-order valence-electron chi connectivity index (χ0n) is 12.5. The van der Waals surface area contributed by atoms with E-state index >= 15 is 0 Å². The number of aryl methyl sites for hydroxylation is 1. The second kappa shape index (κ2) is 5.81. The summed E-state index contributed by atoms with van der Waals surface area (Å²) in [5.41, 5.74) is -2.29. The molecule has 1 unspecified atom stereocenters. The van der Waals surface area contributed by atoms with Gasteiger partial charge in [-0.3, -0.25) is 0 Å². The van der Waals surface area contributed by atoms with Crippen molar-refractivity contribution in [3.8, 4) is 0 Å². The maximum absolute atomic E-state index is 13.9. The van der Waals surface area contributed by atoms with Crippen LogP contribution >= 0.6 is 0 Å². The molecule has 0 radical (unpaired) electrons. The molecule has 3 nitrogen and oxygen atoms in total. The number of hydrogen-bond acceptors (Lipinski definition) is 1. The van der Waals surface area contributed by atoms with E-state index in [0.29, 0.717) is 5.56 Å². The Hall–Kier alpha value is -2.57. The Bertz CT molecular complexity index is 761. The van der Waals surface area contributed by atoms with Gasteiger partial charge in [-0.1, -0.05) is 30.3 Å². The van der Waals surface area contributed by atoms with E-state index in [1.54, 1.807) is 30.3 Å². The van der Waals surface area contributed by atoms with E-state index in [0.717, 1.165) is 18.2 Å². The summed E-state index contributed by atoms with van der Waals surface area (Å²) in [6.07, 6.45) is -5.12. The molecule has 126 valence electrons. The van der Waals surface area contributed by atoms with Crippen molar-refractivity contribution in [2.24, 2.45) is 0 Å². The molecule has 0 spiro atoms. The quantitative estimate of drug-likeness (QED) is 0.803. The molecule has 2 amide bonds. The molecule has 0 aliphatic carbocycles. The minimum absolute atomic E-state index is 0.0365. The van der Waals surface area contributed by atoms with Crippen LogP contribution in [0.15, 0.2) is 48.5 Å². The van der Waals surface area contributed by atoms with Crippen molar-refractivity contribution in [3.63, 3.8) is 0 Å². The van der Waals surface area contributed by atoms with Crippen LogP contribution in [0.4, 0.5) is 28.0 Å². The number of fused-ring (bicyclic) bond motifs is 1. The SMILES string of the molecule is O=C1Nc2ccc(F)cc2C(CCc2ccccc2)(C(F)(F)F)N1. The second-order valence-electron chi connectivity index (χ2n) is 5.66. The predicted octanol–water partition coefficient (Wildman–Crippen LogP) is 4.35. The molecule has 1 aliphatic rings. The molecule has 0 bridgehead atoms. The highest BCUT2D eigenvalue weighted by Crippen LogP contribution is 2.47. The van der Waals surface area contributed by atoms with Gasteiger partial charge in [0.05, 0.1) is 0 Å². The number of nitrogens with one attached hydrogen (secondary N) is 2. The number of carbonyl (C=O) groups is 1. The smallest absolute Gasteiger partial charge is 0.320 e. The van der Waals surface area contributed by atoms with E-state index in [1.807, 2.05) is 5.32 Å². The Labute approximate surface area is 135 Å². The molecule has 0 fully saturated rings. The number of urea groups is 1. The minimum Gasteiger partial charge on any atom is -0.320 e. The molecule has 3 rings (SSSR count). The van der Waals surface area contributed by atoms with Crippen LogP contribution in [0, 0.1) is 5.82 Å². The van der Waals surface area contributed by atoms with Crippen molar-refractivity contribution >= 4 is 11.7 Å². The summed E-state index contributed by atoms with van der Waals surface area (Å²) in [6.45, 7) is 0. The van der Waals surface area contributed by atoms with Crippen molar-refractivity contribution in [2.45, 2.75) is 24.6 Å². The third kappa shape index (κ3) is 2.81. The molecule has 0 saturated carbocycles. The van der Waals surface area contributed by atoms with Crippen molar-refractivity contribution in [2.75, 3.05) is 5.32 Å². The van der Waals surface area contributed by atoms with Crippen molar-refractivity contribution in [1.29, 1.82) is 0 Å². The lowest BCUT2D eigenvalue weighted by atomic mass is 9.81. The van der Waals surface area contributed by atoms with Crippen LogP contribution < -0.4 is 10.6 Å². The maximum atomic E-state index is 13.9. The number of amides is 2. The van der Waals surface area contributed by atoms with Gasteiger partial charge in [0.25, 0.3) is 0 Å².